The van der Waals surface area contributed by atoms with E-state index in [1.807, 2.05) is 12.1 Å². The first kappa shape index (κ1) is 28.5. The van der Waals surface area contributed by atoms with Crippen molar-refractivity contribution in [1.82, 2.24) is 9.80 Å². The standard InChI is InChI=1S/C33H44N2O5/c1-37-30-12-11-28-25(9-7-10-29(28)33(30)40-4)16-27(36)22-34-14-6-5-8-23(19-34)20-35-15-13-24-17-31(38-2)32(39-3)18-26(24)21-35/h7,9-12,17-18,23,27,36H,5-6,8,13-16,19-22H2,1-4H3. The fourth-order valence-electron chi connectivity index (χ4n) is 6.63. The topological polar surface area (TPSA) is 63.6 Å². The third kappa shape index (κ3) is 6.32. The van der Waals surface area contributed by atoms with E-state index >= 15 is 0 Å². The lowest BCUT2D eigenvalue weighted by Gasteiger charge is -2.34. The van der Waals surface area contributed by atoms with Gasteiger partial charge in [0.1, 0.15) is 0 Å². The number of hydrogen-bond donors (Lipinski definition) is 1. The Morgan fingerprint density at radius 1 is 0.825 bits per heavy atom. The summed E-state index contributed by atoms with van der Waals surface area (Å²) in [4.78, 5) is 5.08. The van der Waals surface area contributed by atoms with E-state index in [2.05, 4.69) is 40.1 Å². The number of β-amino-alcohol motifs (C(OH)–C–C–N with tert-alkyl or cyclic N) is 1. The first-order valence-corrected chi connectivity index (χ1v) is 14.5. The molecule has 40 heavy (non-hydrogen) atoms. The van der Waals surface area contributed by atoms with Gasteiger partial charge in [0.25, 0.3) is 0 Å². The number of ether oxygens (including phenoxy) is 4. The molecule has 0 amide bonds. The minimum absolute atomic E-state index is 0.429. The Balaban J connectivity index is 1.21. The Kier molecular flexibility index (Phi) is 9.35. The monoisotopic (exact) mass is 548 g/mol. The molecule has 216 valence electrons. The van der Waals surface area contributed by atoms with Crippen molar-refractivity contribution < 1.29 is 24.1 Å². The van der Waals surface area contributed by atoms with Crippen molar-refractivity contribution in [2.24, 2.45) is 5.92 Å². The molecule has 1 N–H and O–H groups in total. The number of nitrogens with zero attached hydrogens (tertiary/aromatic N) is 2. The van der Waals surface area contributed by atoms with Gasteiger partial charge in [0.15, 0.2) is 23.0 Å². The second-order valence-electron chi connectivity index (χ2n) is 11.3. The van der Waals surface area contributed by atoms with Crippen LogP contribution in [-0.2, 0) is 19.4 Å². The maximum absolute atomic E-state index is 11.2. The number of aliphatic hydroxyl groups excluding tert-OH is 1. The first-order valence-electron chi connectivity index (χ1n) is 14.5. The molecular formula is C33H44N2O5. The van der Waals surface area contributed by atoms with Crippen LogP contribution in [0.25, 0.3) is 10.8 Å². The molecule has 0 aromatic heterocycles. The molecule has 1 fully saturated rings. The van der Waals surface area contributed by atoms with E-state index < -0.39 is 6.10 Å². The zero-order valence-electron chi connectivity index (χ0n) is 24.4. The molecular weight excluding hydrogens is 504 g/mol. The van der Waals surface area contributed by atoms with Crippen LogP contribution in [0.4, 0.5) is 0 Å². The summed E-state index contributed by atoms with van der Waals surface area (Å²) in [6.45, 7) is 5.88. The van der Waals surface area contributed by atoms with Crippen LogP contribution in [0.5, 0.6) is 23.0 Å². The Hall–Kier alpha value is -3.00. The largest absolute Gasteiger partial charge is 0.493 e. The summed E-state index contributed by atoms with van der Waals surface area (Å²) in [6.07, 6.45) is 4.90. The minimum Gasteiger partial charge on any atom is -0.493 e. The van der Waals surface area contributed by atoms with Gasteiger partial charge in [-0.2, -0.15) is 0 Å². The average Bonchev–Trinajstić information content (AvgIpc) is 3.20. The van der Waals surface area contributed by atoms with Gasteiger partial charge in [0.2, 0.25) is 0 Å². The Morgan fingerprint density at radius 3 is 2.35 bits per heavy atom. The normalized spacial score (nSPS) is 19.1. The molecule has 0 saturated carbocycles. The molecule has 7 heteroatoms. The van der Waals surface area contributed by atoms with Crippen LogP contribution < -0.4 is 18.9 Å². The molecule has 2 heterocycles. The molecule has 0 bridgehead atoms. The van der Waals surface area contributed by atoms with Gasteiger partial charge in [-0.1, -0.05) is 30.7 Å². The molecule has 7 nitrogen and oxygen atoms in total. The second kappa shape index (κ2) is 13.1. The van der Waals surface area contributed by atoms with Crippen molar-refractivity contribution >= 4 is 10.8 Å². The minimum atomic E-state index is -0.429. The highest BCUT2D eigenvalue weighted by Gasteiger charge is 2.25. The summed E-state index contributed by atoms with van der Waals surface area (Å²) in [7, 11) is 6.73. The third-order valence-corrected chi connectivity index (χ3v) is 8.58. The number of aliphatic hydroxyl groups is 1. The Labute approximate surface area is 238 Å². The molecule has 0 radical (unpaired) electrons. The van der Waals surface area contributed by atoms with E-state index in [9.17, 15) is 5.11 Å². The van der Waals surface area contributed by atoms with Gasteiger partial charge in [-0.15, -0.1) is 0 Å². The Morgan fingerprint density at radius 2 is 1.60 bits per heavy atom. The van der Waals surface area contributed by atoms with Crippen LogP contribution in [0.1, 0.15) is 36.0 Å². The summed E-state index contributed by atoms with van der Waals surface area (Å²) in [5, 5.41) is 13.3. The second-order valence-corrected chi connectivity index (χ2v) is 11.3. The number of rotatable bonds is 10. The van der Waals surface area contributed by atoms with E-state index in [0.29, 0.717) is 18.9 Å². The maximum atomic E-state index is 11.2. The molecule has 3 aromatic carbocycles. The maximum Gasteiger partial charge on any atom is 0.168 e. The third-order valence-electron chi connectivity index (χ3n) is 8.58. The zero-order chi connectivity index (χ0) is 28.1. The molecule has 2 unspecified atom stereocenters. The molecule has 3 aromatic rings. The molecule has 0 aliphatic carbocycles. The first-order chi connectivity index (χ1) is 19.5. The summed E-state index contributed by atoms with van der Waals surface area (Å²) >= 11 is 0. The van der Waals surface area contributed by atoms with Gasteiger partial charge in [-0.3, -0.25) is 4.90 Å². The lowest BCUT2D eigenvalue weighted by molar-refractivity contribution is 0.0998. The molecule has 2 aliphatic heterocycles. The lowest BCUT2D eigenvalue weighted by atomic mass is 9.96. The number of likely N-dealkylation sites (tertiary alicyclic amines) is 1. The highest BCUT2D eigenvalue weighted by atomic mass is 16.5. The smallest absolute Gasteiger partial charge is 0.168 e. The molecule has 5 rings (SSSR count). The number of methoxy groups -OCH3 is 4. The average molecular weight is 549 g/mol. The van der Waals surface area contributed by atoms with Crippen molar-refractivity contribution in [3.63, 3.8) is 0 Å². The number of benzene rings is 3. The number of hydrogen-bond acceptors (Lipinski definition) is 7. The van der Waals surface area contributed by atoms with Crippen molar-refractivity contribution in [2.75, 3.05) is 61.2 Å². The van der Waals surface area contributed by atoms with Crippen LogP contribution in [-0.4, -0.2) is 82.2 Å². The van der Waals surface area contributed by atoms with Gasteiger partial charge >= 0.3 is 0 Å². The fourth-order valence-corrected chi connectivity index (χ4v) is 6.63. The van der Waals surface area contributed by atoms with Crippen LogP contribution in [0, 0.1) is 5.92 Å². The fraction of sp³-hybridized carbons (Fsp3) is 0.515. The van der Waals surface area contributed by atoms with E-state index in [1.54, 1.807) is 28.4 Å². The van der Waals surface area contributed by atoms with Crippen molar-refractivity contribution in [3.05, 3.63) is 59.2 Å². The Bertz CT molecular complexity index is 1300. The van der Waals surface area contributed by atoms with E-state index in [1.165, 1.54) is 30.4 Å². The quantitative estimate of drug-likeness (QED) is 0.385. The summed E-state index contributed by atoms with van der Waals surface area (Å²) in [6, 6.07) is 14.5. The van der Waals surface area contributed by atoms with Gasteiger partial charge < -0.3 is 29.0 Å². The van der Waals surface area contributed by atoms with Crippen molar-refractivity contribution in [2.45, 2.75) is 44.8 Å². The summed E-state index contributed by atoms with van der Waals surface area (Å²) < 4.78 is 22.2. The van der Waals surface area contributed by atoms with Crippen molar-refractivity contribution in [1.29, 1.82) is 0 Å². The van der Waals surface area contributed by atoms with Crippen LogP contribution in [0.15, 0.2) is 42.5 Å². The SMILES string of the molecule is COc1cc2c(cc1OC)CN(CC1CCCCN(CC(O)Cc3cccc4c(OC)c(OC)ccc34)C1)CC2. The number of fused-ring (bicyclic) bond motifs is 2. The summed E-state index contributed by atoms with van der Waals surface area (Å²) in [5.41, 5.74) is 3.84. The van der Waals surface area contributed by atoms with Gasteiger partial charge in [0, 0.05) is 44.5 Å². The zero-order valence-corrected chi connectivity index (χ0v) is 24.4. The predicted molar refractivity (Wildman–Crippen MR) is 159 cm³/mol. The molecule has 2 atom stereocenters. The van der Waals surface area contributed by atoms with E-state index in [0.717, 1.165) is 78.5 Å². The molecule has 0 spiro atoms. The van der Waals surface area contributed by atoms with Crippen LogP contribution in [0.2, 0.25) is 0 Å². The van der Waals surface area contributed by atoms with Gasteiger partial charge in [0.05, 0.1) is 34.5 Å². The van der Waals surface area contributed by atoms with Crippen molar-refractivity contribution in [3.8, 4) is 23.0 Å². The van der Waals surface area contributed by atoms with Gasteiger partial charge in [-0.05, 0) is 72.0 Å². The molecule has 2 aliphatic rings. The highest BCUT2D eigenvalue weighted by Crippen LogP contribution is 2.37. The predicted octanol–water partition coefficient (Wildman–Crippen LogP) is 4.94. The van der Waals surface area contributed by atoms with Gasteiger partial charge in [-0.25, -0.2) is 0 Å². The van der Waals surface area contributed by atoms with Crippen LogP contribution in [0.3, 0.4) is 0 Å². The van der Waals surface area contributed by atoms with Crippen LogP contribution >= 0.6 is 0 Å². The lowest BCUT2D eigenvalue weighted by Crippen LogP contribution is -2.41. The highest BCUT2D eigenvalue weighted by molar-refractivity contribution is 5.93. The molecule has 1 saturated heterocycles. The summed E-state index contributed by atoms with van der Waals surface area (Å²) in [5.74, 6) is 3.69. The van der Waals surface area contributed by atoms with E-state index in [4.69, 9.17) is 18.9 Å². The van der Waals surface area contributed by atoms with E-state index in [-0.39, 0.29) is 0 Å².